The predicted molar refractivity (Wildman–Crippen MR) is 114 cm³/mol. The minimum absolute atomic E-state index is 0.234. The summed E-state index contributed by atoms with van der Waals surface area (Å²) in [6.45, 7) is 2.88. The standard InChI is InChI=1S/C23H25N3O3/c1-3-17-4-6-18(7-5-17)26-19-8-13-22(25-16-19)23(27)24-14-15-29-21-11-9-20(28-2)10-12-21/h4-13,16,26H,3,14-15H2,1-2H3,(H,24,27). The first kappa shape index (κ1) is 20.2. The summed E-state index contributed by atoms with van der Waals surface area (Å²) in [6, 6.07) is 19.1. The molecular formula is C23H25N3O3. The van der Waals surface area contributed by atoms with E-state index in [4.69, 9.17) is 9.47 Å². The fourth-order valence-corrected chi connectivity index (χ4v) is 2.69. The van der Waals surface area contributed by atoms with Crippen LogP contribution in [0.2, 0.25) is 0 Å². The van der Waals surface area contributed by atoms with Gasteiger partial charge >= 0.3 is 0 Å². The Morgan fingerprint density at radius 1 is 0.931 bits per heavy atom. The molecule has 6 heteroatoms. The second-order valence-corrected chi connectivity index (χ2v) is 6.39. The van der Waals surface area contributed by atoms with Gasteiger partial charge in [-0.15, -0.1) is 0 Å². The highest BCUT2D eigenvalue weighted by atomic mass is 16.5. The second-order valence-electron chi connectivity index (χ2n) is 6.39. The van der Waals surface area contributed by atoms with Crippen molar-refractivity contribution in [2.75, 3.05) is 25.6 Å². The third-order valence-electron chi connectivity index (χ3n) is 4.36. The topological polar surface area (TPSA) is 72.5 Å². The quantitative estimate of drug-likeness (QED) is 0.535. The molecule has 0 unspecified atom stereocenters. The Morgan fingerprint density at radius 3 is 2.24 bits per heavy atom. The summed E-state index contributed by atoms with van der Waals surface area (Å²) >= 11 is 0. The Balaban J connectivity index is 1.44. The molecule has 0 fully saturated rings. The molecule has 2 N–H and O–H groups in total. The highest BCUT2D eigenvalue weighted by molar-refractivity contribution is 5.92. The predicted octanol–water partition coefficient (Wildman–Crippen LogP) is 4.21. The molecule has 1 heterocycles. The summed E-state index contributed by atoms with van der Waals surface area (Å²) in [6.07, 6.45) is 2.66. The van der Waals surface area contributed by atoms with Crippen LogP contribution in [0.4, 0.5) is 11.4 Å². The Morgan fingerprint density at radius 2 is 1.62 bits per heavy atom. The van der Waals surface area contributed by atoms with Crippen molar-refractivity contribution in [1.29, 1.82) is 0 Å². The highest BCUT2D eigenvalue weighted by Crippen LogP contribution is 2.18. The zero-order valence-corrected chi connectivity index (χ0v) is 16.6. The lowest BCUT2D eigenvalue weighted by Gasteiger charge is -2.09. The Hall–Kier alpha value is -3.54. The van der Waals surface area contributed by atoms with Crippen LogP contribution in [0.5, 0.6) is 11.5 Å². The molecule has 0 spiro atoms. The molecule has 6 nitrogen and oxygen atoms in total. The first-order valence-electron chi connectivity index (χ1n) is 9.55. The summed E-state index contributed by atoms with van der Waals surface area (Å²) in [5, 5.41) is 6.08. The monoisotopic (exact) mass is 391 g/mol. The van der Waals surface area contributed by atoms with Crippen LogP contribution in [-0.2, 0) is 6.42 Å². The van der Waals surface area contributed by atoms with Gasteiger partial charge in [0.05, 0.1) is 25.5 Å². The Kier molecular flexibility index (Phi) is 7.05. The number of carbonyl (C=O) groups is 1. The number of rotatable bonds is 9. The van der Waals surface area contributed by atoms with Gasteiger partial charge < -0.3 is 20.1 Å². The third-order valence-corrected chi connectivity index (χ3v) is 4.36. The van der Waals surface area contributed by atoms with Crippen LogP contribution in [0, 0.1) is 0 Å². The van der Waals surface area contributed by atoms with Crippen LogP contribution in [0.3, 0.4) is 0 Å². The molecule has 0 atom stereocenters. The van der Waals surface area contributed by atoms with Crippen LogP contribution in [0.15, 0.2) is 66.9 Å². The van der Waals surface area contributed by atoms with Gasteiger partial charge in [-0.1, -0.05) is 19.1 Å². The van der Waals surface area contributed by atoms with Crippen molar-refractivity contribution in [3.05, 3.63) is 78.1 Å². The molecule has 2 aromatic carbocycles. The summed E-state index contributed by atoms with van der Waals surface area (Å²) in [7, 11) is 1.62. The molecule has 0 saturated heterocycles. The van der Waals surface area contributed by atoms with E-state index in [0.29, 0.717) is 18.8 Å². The normalized spacial score (nSPS) is 10.3. The number of amides is 1. The van der Waals surface area contributed by atoms with Crippen molar-refractivity contribution in [3.63, 3.8) is 0 Å². The van der Waals surface area contributed by atoms with E-state index in [2.05, 4.69) is 34.7 Å². The summed E-state index contributed by atoms with van der Waals surface area (Å²) in [5.41, 5.74) is 3.46. The molecular weight excluding hydrogens is 366 g/mol. The molecule has 1 amide bonds. The van der Waals surface area contributed by atoms with Crippen LogP contribution in [0.25, 0.3) is 0 Å². The number of methoxy groups -OCH3 is 1. The first-order valence-corrected chi connectivity index (χ1v) is 9.55. The van der Waals surface area contributed by atoms with Gasteiger partial charge in [-0.25, -0.2) is 4.98 Å². The number of hydrogen-bond donors (Lipinski definition) is 2. The lowest BCUT2D eigenvalue weighted by Crippen LogP contribution is -2.28. The van der Waals surface area contributed by atoms with E-state index in [1.54, 1.807) is 19.4 Å². The molecule has 0 bridgehead atoms. The SMILES string of the molecule is CCc1ccc(Nc2ccc(C(=O)NCCOc3ccc(OC)cc3)nc2)cc1. The van der Waals surface area contributed by atoms with Crippen molar-refractivity contribution in [2.24, 2.45) is 0 Å². The number of nitrogens with one attached hydrogen (secondary N) is 2. The van der Waals surface area contributed by atoms with Gasteiger partial charge in [-0.05, 0) is 60.5 Å². The summed E-state index contributed by atoms with van der Waals surface area (Å²) in [4.78, 5) is 16.4. The third kappa shape index (κ3) is 5.97. The van der Waals surface area contributed by atoms with Gasteiger partial charge in [0.15, 0.2) is 0 Å². The maximum Gasteiger partial charge on any atom is 0.269 e. The molecule has 3 rings (SSSR count). The number of pyridine rings is 1. The van der Waals surface area contributed by atoms with E-state index in [1.165, 1.54) is 5.56 Å². The summed E-state index contributed by atoms with van der Waals surface area (Å²) < 4.78 is 10.7. The smallest absolute Gasteiger partial charge is 0.269 e. The van der Waals surface area contributed by atoms with Crippen LogP contribution in [0.1, 0.15) is 23.0 Å². The number of benzene rings is 2. The summed E-state index contributed by atoms with van der Waals surface area (Å²) in [5.74, 6) is 1.26. The molecule has 0 radical (unpaired) electrons. The molecule has 0 aliphatic heterocycles. The largest absolute Gasteiger partial charge is 0.497 e. The molecule has 29 heavy (non-hydrogen) atoms. The van der Waals surface area contributed by atoms with Crippen molar-refractivity contribution >= 4 is 17.3 Å². The van der Waals surface area contributed by atoms with Crippen molar-refractivity contribution in [1.82, 2.24) is 10.3 Å². The second kappa shape index (κ2) is 10.1. The van der Waals surface area contributed by atoms with E-state index < -0.39 is 0 Å². The van der Waals surface area contributed by atoms with E-state index in [9.17, 15) is 4.79 Å². The number of ether oxygens (including phenoxy) is 2. The Labute approximate surface area is 170 Å². The van der Waals surface area contributed by atoms with Gasteiger partial charge in [-0.3, -0.25) is 4.79 Å². The minimum Gasteiger partial charge on any atom is -0.497 e. The minimum atomic E-state index is -0.234. The molecule has 0 saturated carbocycles. The van der Waals surface area contributed by atoms with Crippen LogP contribution < -0.4 is 20.1 Å². The number of hydrogen-bond acceptors (Lipinski definition) is 5. The number of aromatic nitrogens is 1. The van der Waals surface area contributed by atoms with Crippen molar-refractivity contribution in [3.8, 4) is 11.5 Å². The lowest BCUT2D eigenvalue weighted by molar-refractivity contribution is 0.0942. The molecule has 3 aromatic rings. The van der Waals surface area contributed by atoms with Crippen LogP contribution >= 0.6 is 0 Å². The van der Waals surface area contributed by atoms with Crippen molar-refractivity contribution in [2.45, 2.75) is 13.3 Å². The van der Waals surface area contributed by atoms with Crippen LogP contribution in [-0.4, -0.2) is 31.2 Å². The zero-order valence-electron chi connectivity index (χ0n) is 16.6. The zero-order chi connectivity index (χ0) is 20.5. The van der Waals surface area contributed by atoms with Gasteiger partial charge in [0.2, 0.25) is 0 Å². The number of anilines is 2. The molecule has 150 valence electrons. The van der Waals surface area contributed by atoms with Gasteiger partial charge in [0.25, 0.3) is 5.91 Å². The van der Waals surface area contributed by atoms with Crippen molar-refractivity contribution < 1.29 is 14.3 Å². The van der Waals surface area contributed by atoms with E-state index in [0.717, 1.165) is 29.3 Å². The van der Waals surface area contributed by atoms with Gasteiger partial charge in [0, 0.05) is 5.69 Å². The van der Waals surface area contributed by atoms with E-state index in [1.807, 2.05) is 42.5 Å². The Bertz CT molecular complexity index is 908. The fraction of sp³-hybridized carbons (Fsp3) is 0.217. The van der Waals surface area contributed by atoms with Gasteiger partial charge in [-0.2, -0.15) is 0 Å². The highest BCUT2D eigenvalue weighted by Gasteiger charge is 2.07. The first-order chi connectivity index (χ1) is 14.2. The van der Waals surface area contributed by atoms with Gasteiger partial charge in [0.1, 0.15) is 23.8 Å². The molecule has 0 aliphatic carbocycles. The lowest BCUT2D eigenvalue weighted by atomic mass is 10.1. The number of aryl methyl sites for hydroxylation is 1. The van der Waals surface area contributed by atoms with E-state index in [-0.39, 0.29) is 5.91 Å². The molecule has 1 aromatic heterocycles. The van der Waals surface area contributed by atoms with E-state index >= 15 is 0 Å². The number of nitrogens with zero attached hydrogens (tertiary/aromatic N) is 1. The fourth-order valence-electron chi connectivity index (χ4n) is 2.69. The molecule has 0 aliphatic rings. The average molecular weight is 391 g/mol. The number of carbonyl (C=O) groups excluding carboxylic acids is 1. The maximum absolute atomic E-state index is 12.2. The average Bonchev–Trinajstić information content (AvgIpc) is 2.78. The maximum atomic E-state index is 12.2.